The third kappa shape index (κ3) is 1.94. The van der Waals surface area contributed by atoms with Gasteiger partial charge in [-0.15, -0.1) is 0 Å². The summed E-state index contributed by atoms with van der Waals surface area (Å²) in [6.07, 6.45) is 0. The zero-order chi connectivity index (χ0) is 8.55. The third-order valence-electron chi connectivity index (χ3n) is 1.76. The van der Waals surface area contributed by atoms with Gasteiger partial charge in [0, 0.05) is 10.9 Å². The molecule has 2 rings (SSSR count). The summed E-state index contributed by atoms with van der Waals surface area (Å²) in [6, 6.07) is 9.09. The second kappa shape index (κ2) is 3.96. The number of fused-ring (bicyclic) bond motifs is 1. The summed E-state index contributed by atoms with van der Waals surface area (Å²) in [5.74, 6) is -0.925. The van der Waals surface area contributed by atoms with Crippen LogP contribution in [0, 0.1) is 0 Å². The van der Waals surface area contributed by atoms with E-state index in [1.165, 1.54) is 0 Å². The number of carboxylic acid groups (broad SMARTS) is 1. The molecule has 13 heavy (non-hydrogen) atoms. The second-order valence-electron chi connectivity index (χ2n) is 2.58. The first kappa shape index (κ1) is 10.3. The first-order valence-corrected chi connectivity index (χ1v) is 3.58. The van der Waals surface area contributed by atoms with Gasteiger partial charge in [-0.25, -0.2) is 4.79 Å². The zero-order valence-corrected chi connectivity index (χ0v) is 6.24. The number of para-hydroxylation sites is 1. The standard InChI is InChI=1S/C9H7NO2.Na.H/c11-9(12)8-5-6-3-1-2-4-7(6)10-8;;/h1-5,10H,(H,11,12);;. The van der Waals surface area contributed by atoms with Crippen LogP contribution in [0.3, 0.4) is 0 Å². The average Bonchev–Trinajstić information content (AvgIpc) is 2.46. The molecule has 0 aliphatic heterocycles. The quantitative estimate of drug-likeness (QED) is 0.656. The molecule has 0 saturated heterocycles. The Bertz CT molecular complexity index is 403. The van der Waals surface area contributed by atoms with Crippen molar-refractivity contribution in [3.8, 4) is 0 Å². The fourth-order valence-corrected chi connectivity index (χ4v) is 1.19. The van der Waals surface area contributed by atoms with E-state index < -0.39 is 5.97 Å². The molecule has 0 aliphatic rings. The number of hydrogen-bond donors (Lipinski definition) is 2. The topological polar surface area (TPSA) is 53.1 Å². The summed E-state index contributed by atoms with van der Waals surface area (Å²) in [7, 11) is 0. The molecular formula is C9H8NNaO2. The maximum atomic E-state index is 10.5. The first-order valence-electron chi connectivity index (χ1n) is 3.58. The Morgan fingerprint density at radius 3 is 2.62 bits per heavy atom. The van der Waals surface area contributed by atoms with Crippen LogP contribution in [-0.2, 0) is 0 Å². The Morgan fingerprint density at radius 1 is 1.31 bits per heavy atom. The van der Waals surface area contributed by atoms with E-state index in [0.29, 0.717) is 0 Å². The number of carbonyl (C=O) groups is 1. The van der Waals surface area contributed by atoms with Crippen molar-refractivity contribution in [3.63, 3.8) is 0 Å². The number of carboxylic acids is 1. The van der Waals surface area contributed by atoms with Crippen molar-refractivity contribution >= 4 is 46.4 Å². The molecule has 0 aliphatic carbocycles. The molecule has 0 radical (unpaired) electrons. The van der Waals surface area contributed by atoms with Crippen molar-refractivity contribution in [2.45, 2.75) is 0 Å². The van der Waals surface area contributed by atoms with Crippen LogP contribution in [0.1, 0.15) is 10.5 Å². The molecule has 1 heterocycles. The number of aromatic carboxylic acids is 1. The molecule has 1 aromatic carbocycles. The SMILES string of the molecule is O=C(O)c1cc2ccccc2[nH]1.[NaH]. The van der Waals surface area contributed by atoms with Gasteiger partial charge in [0.1, 0.15) is 5.69 Å². The molecule has 62 valence electrons. The molecule has 0 saturated carbocycles. The van der Waals surface area contributed by atoms with E-state index in [4.69, 9.17) is 5.11 Å². The molecule has 4 heteroatoms. The van der Waals surface area contributed by atoms with Crippen LogP contribution >= 0.6 is 0 Å². The fraction of sp³-hybridized carbons (Fsp3) is 0. The molecule has 0 amide bonds. The van der Waals surface area contributed by atoms with E-state index in [0.717, 1.165) is 10.9 Å². The van der Waals surface area contributed by atoms with Crippen LogP contribution in [0.15, 0.2) is 30.3 Å². The summed E-state index contributed by atoms with van der Waals surface area (Å²) < 4.78 is 0. The fourth-order valence-electron chi connectivity index (χ4n) is 1.19. The Labute approximate surface area is 97.1 Å². The Hall–Kier alpha value is -0.770. The molecule has 0 spiro atoms. The number of nitrogens with one attached hydrogen (secondary N) is 1. The van der Waals surface area contributed by atoms with E-state index in [1.54, 1.807) is 6.07 Å². The second-order valence-corrected chi connectivity index (χ2v) is 2.58. The Morgan fingerprint density at radius 2 is 2.00 bits per heavy atom. The van der Waals surface area contributed by atoms with Gasteiger partial charge in [-0.3, -0.25) is 0 Å². The molecular weight excluding hydrogens is 177 g/mol. The predicted molar refractivity (Wildman–Crippen MR) is 52.4 cm³/mol. The van der Waals surface area contributed by atoms with Gasteiger partial charge in [0.05, 0.1) is 0 Å². The van der Waals surface area contributed by atoms with Crippen molar-refractivity contribution in [2.75, 3.05) is 0 Å². The van der Waals surface area contributed by atoms with Gasteiger partial charge in [0.15, 0.2) is 0 Å². The van der Waals surface area contributed by atoms with Gasteiger partial charge < -0.3 is 10.1 Å². The average molecular weight is 185 g/mol. The van der Waals surface area contributed by atoms with Crippen molar-refractivity contribution in [1.29, 1.82) is 0 Å². The van der Waals surface area contributed by atoms with Gasteiger partial charge in [0.2, 0.25) is 0 Å². The van der Waals surface area contributed by atoms with Crippen LogP contribution in [0.5, 0.6) is 0 Å². The van der Waals surface area contributed by atoms with Crippen molar-refractivity contribution in [1.82, 2.24) is 4.98 Å². The van der Waals surface area contributed by atoms with Gasteiger partial charge in [0.25, 0.3) is 0 Å². The van der Waals surface area contributed by atoms with Gasteiger partial charge in [-0.05, 0) is 12.1 Å². The molecule has 1 aromatic heterocycles. The van der Waals surface area contributed by atoms with Crippen LogP contribution in [0.4, 0.5) is 0 Å². The number of rotatable bonds is 1. The number of aromatic amines is 1. The minimum absolute atomic E-state index is 0. The summed E-state index contributed by atoms with van der Waals surface area (Å²) in [4.78, 5) is 13.3. The molecule has 2 N–H and O–H groups in total. The number of aromatic nitrogens is 1. The van der Waals surface area contributed by atoms with Crippen LogP contribution < -0.4 is 0 Å². The number of H-pyrrole nitrogens is 1. The predicted octanol–water partition coefficient (Wildman–Crippen LogP) is 1.22. The minimum atomic E-state index is -0.925. The van der Waals surface area contributed by atoms with Crippen molar-refractivity contribution in [3.05, 3.63) is 36.0 Å². The van der Waals surface area contributed by atoms with Gasteiger partial charge in [-0.1, -0.05) is 18.2 Å². The van der Waals surface area contributed by atoms with Gasteiger partial charge >= 0.3 is 35.5 Å². The molecule has 2 aromatic rings. The van der Waals surface area contributed by atoms with E-state index in [2.05, 4.69) is 4.98 Å². The molecule has 0 fully saturated rings. The van der Waals surface area contributed by atoms with E-state index in [1.807, 2.05) is 24.3 Å². The summed E-state index contributed by atoms with van der Waals surface area (Å²) >= 11 is 0. The maximum absolute atomic E-state index is 10.5. The van der Waals surface area contributed by atoms with Crippen molar-refractivity contribution < 1.29 is 9.90 Å². The molecule has 0 atom stereocenters. The third-order valence-corrected chi connectivity index (χ3v) is 1.76. The van der Waals surface area contributed by atoms with Gasteiger partial charge in [-0.2, -0.15) is 0 Å². The van der Waals surface area contributed by atoms with Crippen LogP contribution in [-0.4, -0.2) is 45.6 Å². The number of hydrogen-bond acceptors (Lipinski definition) is 1. The van der Waals surface area contributed by atoms with Crippen molar-refractivity contribution in [2.24, 2.45) is 0 Å². The molecule has 0 unspecified atom stereocenters. The Kier molecular flexibility index (Phi) is 3.14. The molecule has 0 bridgehead atoms. The monoisotopic (exact) mass is 185 g/mol. The summed E-state index contributed by atoms with van der Waals surface area (Å²) in [5.41, 5.74) is 1.09. The van der Waals surface area contributed by atoms with Crippen LogP contribution in [0.2, 0.25) is 0 Å². The van der Waals surface area contributed by atoms with Crippen LogP contribution in [0.25, 0.3) is 10.9 Å². The van der Waals surface area contributed by atoms with E-state index in [-0.39, 0.29) is 35.3 Å². The molecule has 3 nitrogen and oxygen atoms in total. The summed E-state index contributed by atoms with van der Waals surface area (Å²) in [6.45, 7) is 0. The number of benzene rings is 1. The Balaban J connectivity index is 0.000000845. The zero-order valence-electron chi connectivity index (χ0n) is 6.24. The first-order chi connectivity index (χ1) is 5.77. The summed E-state index contributed by atoms with van der Waals surface area (Å²) in [5, 5.41) is 9.58. The van der Waals surface area contributed by atoms with E-state index >= 15 is 0 Å². The van der Waals surface area contributed by atoms with E-state index in [9.17, 15) is 4.79 Å². The normalized spacial score (nSPS) is 9.54.